The first-order chi connectivity index (χ1) is 21.5. The molecule has 44 heavy (non-hydrogen) atoms. The van der Waals surface area contributed by atoms with E-state index in [1.165, 1.54) is 236 Å². The summed E-state index contributed by atoms with van der Waals surface area (Å²) in [5.41, 5.74) is 0.508. The third-order valence-corrected chi connectivity index (χ3v) is 11.3. The van der Waals surface area contributed by atoms with Gasteiger partial charge < -0.3 is 4.48 Å². The third kappa shape index (κ3) is 25.1. The Bertz CT molecular complexity index is 487. The summed E-state index contributed by atoms with van der Waals surface area (Å²) in [6.45, 7) is 10.8. The van der Waals surface area contributed by atoms with Crippen LogP contribution in [0, 0.1) is 0 Å². The first kappa shape index (κ1) is 44.0. The predicted octanol–water partition coefficient (Wildman–Crippen LogP) is 15.5. The Balaban J connectivity index is 5.21. The van der Waals surface area contributed by atoms with Crippen LogP contribution in [-0.4, -0.2) is 30.7 Å². The lowest BCUT2D eigenvalue weighted by Crippen LogP contribution is -2.60. The molecule has 0 aliphatic heterocycles. The number of hydrogen-bond donors (Lipinski definition) is 0. The molecule has 0 aromatic carbocycles. The molecule has 0 aliphatic rings. The van der Waals surface area contributed by atoms with Crippen LogP contribution in [0.25, 0.3) is 0 Å². The molecule has 0 aromatic rings. The summed E-state index contributed by atoms with van der Waals surface area (Å²) in [7, 11) is 5.34. The van der Waals surface area contributed by atoms with Crippen LogP contribution in [0.4, 0.5) is 0 Å². The van der Waals surface area contributed by atoms with Crippen molar-refractivity contribution in [3.05, 3.63) is 0 Å². The van der Waals surface area contributed by atoms with Gasteiger partial charge in [0.05, 0.1) is 26.2 Å². The number of nitrogens with zero attached hydrogens (tertiary/aromatic N) is 1. The van der Waals surface area contributed by atoms with E-state index in [9.17, 15) is 0 Å². The lowest BCUT2D eigenvalue weighted by atomic mass is 9.78. The fourth-order valence-electron chi connectivity index (χ4n) is 7.92. The first-order valence-corrected chi connectivity index (χ1v) is 21.3. The van der Waals surface area contributed by atoms with E-state index in [-0.39, 0.29) is 0 Å². The fraction of sp³-hybridized carbons (Fsp3) is 1.00. The van der Waals surface area contributed by atoms with Gasteiger partial charge in [0, 0.05) is 19.3 Å². The Morgan fingerprint density at radius 3 is 0.727 bits per heavy atom. The maximum absolute atomic E-state index is 2.67. The molecule has 0 radical (unpaired) electrons. The van der Waals surface area contributed by atoms with Crippen LogP contribution < -0.4 is 0 Å². The molecule has 0 saturated carbocycles. The second-order valence-corrected chi connectivity index (χ2v) is 15.8. The second-order valence-electron chi connectivity index (χ2n) is 15.8. The molecule has 0 spiro atoms. The van der Waals surface area contributed by atoms with Crippen LogP contribution in [0.1, 0.15) is 252 Å². The highest BCUT2D eigenvalue weighted by Crippen LogP contribution is 2.39. The lowest BCUT2D eigenvalue weighted by molar-refractivity contribution is -0.944. The van der Waals surface area contributed by atoms with Crippen molar-refractivity contribution in [3.8, 4) is 0 Å². The second kappa shape index (κ2) is 32.9. The molecule has 0 rings (SSSR count). The van der Waals surface area contributed by atoms with Gasteiger partial charge in [-0.25, -0.2) is 0 Å². The number of unbranched alkanes of at least 4 members (excludes halogenated alkanes) is 28. The van der Waals surface area contributed by atoms with Crippen molar-refractivity contribution in [1.29, 1.82) is 0 Å². The molecule has 0 aromatic heterocycles. The normalized spacial score (nSPS) is 12.4. The molecular weight excluding hydrogens is 530 g/mol. The summed E-state index contributed by atoms with van der Waals surface area (Å²) in [4.78, 5) is 0. The van der Waals surface area contributed by atoms with Crippen LogP contribution in [0.15, 0.2) is 0 Å². The maximum Gasteiger partial charge on any atom is 0.0988 e. The quantitative estimate of drug-likeness (QED) is 0.0479. The smallest absolute Gasteiger partial charge is 0.0988 e. The lowest BCUT2D eigenvalue weighted by Gasteiger charge is -2.50. The van der Waals surface area contributed by atoms with Crippen molar-refractivity contribution < 1.29 is 4.48 Å². The van der Waals surface area contributed by atoms with E-state index in [0.717, 1.165) is 0 Å². The summed E-state index contributed by atoms with van der Waals surface area (Å²) >= 11 is 0. The van der Waals surface area contributed by atoms with Gasteiger partial charge in [0.1, 0.15) is 0 Å². The Labute approximate surface area is 282 Å². The molecule has 0 atom stereocenters. The first-order valence-electron chi connectivity index (χ1n) is 21.3. The molecule has 0 saturated heterocycles. The molecule has 0 bridgehead atoms. The van der Waals surface area contributed by atoms with Gasteiger partial charge in [-0.2, -0.15) is 0 Å². The molecule has 0 fully saturated rings. The minimum atomic E-state index is 0.508. The molecule has 0 N–H and O–H groups in total. The standard InChI is InChI=1S/C43H90N/c1-7-11-15-19-23-27-31-35-39-43(40-36-32-28-24-20-16-12-8-2,41-37-33-29-25-21-17-13-9-3)44(5,6)42-38-34-30-26-22-18-14-10-4/h7-42H2,1-6H3/q+1. The molecular formula is C43H90N+. The molecule has 0 aliphatic carbocycles. The minimum Gasteiger partial charge on any atom is -0.324 e. The van der Waals surface area contributed by atoms with Crippen LogP contribution in [0.3, 0.4) is 0 Å². The summed E-state index contributed by atoms with van der Waals surface area (Å²) < 4.78 is 1.30. The van der Waals surface area contributed by atoms with Crippen molar-refractivity contribution in [2.75, 3.05) is 20.6 Å². The van der Waals surface area contributed by atoms with Crippen LogP contribution in [0.5, 0.6) is 0 Å². The van der Waals surface area contributed by atoms with Gasteiger partial charge in [0.15, 0.2) is 0 Å². The fourth-order valence-corrected chi connectivity index (χ4v) is 7.92. The van der Waals surface area contributed by atoms with Gasteiger partial charge in [-0.3, -0.25) is 0 Å². The molecule has 266 valence electrons. The maximum atomic E-state index is 2.67. The molecule has 1 nitrogen and oxygen atoms in total. The summed E-state index contributed by atoms with van der Waals surface area (Å²) in [6, 6.07) is 0. The number of rotatable bonds is 37. The predicted molar refractivity (Wildman–Crippen MR) is 204 cm³/mol. The van der Waals surface area contributed by atoms with E-state index in [1.54, 1.807) is 0 Å². The van der Waals surface area contributed by atoms with Gasteiger partial charge in [-0.05, 0) is 32.1 Å². The number of quaternary nitrogens is 1. The Morgan fingerprint density at radius 1 is 0.273 bits per heavy atom. The minimum absolute atomic E-state index is 0.508. The zero-order valence-electron chi connectivity index (χ0n) is 32.4. The highest BCUT2D eigenvalue weighted by molar-refractivity contribution is 4.82. The van der Waals surface area contributed by atoms with E-state index in [2.05, 4.69) is 41.8 Å². The number of hydrogen-bond acceptors (Lipinski definition) is 0. The third-order valence-electron chi connectivity index (χ3n) is 11.3. The summed E-state index contributed by atoms with van der Waals surface area (Å²) in [6.07, 6.45) is 50.9. The van der Waals surface area contributed by atoms with E-state index in [0.29, 0.717) is 5.54 Å². The SMILES string of the molecule is CCCCCCCCCCC(CCCCCCCCCC)(CCCCCCCCCC)[N+](C)(C)CCCCCCCCCC. The average molecular weight is 621 g/mol. The average Bonchev–Trinajstić information content (AvgIpc) is 3.01. The monoisotopic (exact) mass is 621 g/mol. The molecule has 1 heteroatoms. The Morgan fingerprint density at radius 2 is 0.477 bits per heavy atom. The van der Waals surface area contributed by atoms with Crippen molar-refractivity contribution in [2.45, 2.75) is 258 Å². The van der Waals surface area contributed by atoms with Crippen molar-refractivity contribution in [1.82, 2.24) is 0 Å². The topological polar surface area (TPSA) is 0 Å². The molecule has 0 amide bonds. The zero-order chi connectivity index (χ0) is 32.5. The van der Waals surface area contributed by atoms with Gasteiger partial charge in [-0.15, -0.1) is 0 Å². The van der Waals surface area contributed by atoms with Crippen molar-refractivity contribution in [2.24, 2.45) is 0 Å². The molecule has 0 heterocycles. The van der Waals surface area contributed by atoms with Crippen molar-refractivity contribution >= 4 is 0 Å². The van der Waals surface area contributed by atoms with Gasteiger partial charge >= 0.3 is 0 Å². The van der Waals surface area contributed by atoms with E-state index < -0.39 is 0 Å². The van der Waals surface area contributed by atoms with Gasteiger partial charge in [0.25, 0.3) is 0 Å². The van der Waals surface area contributed by atoms with E-state index in [4.69, 9.17) is 0 Å². The Kier molecular flexibility index (Phi) is 32.9. The van der Waals surface area contributed by atoms with Gasteiger partial charge in [-0.1, -0.05) is 201 Å². The Hall–Kier alpha value is -0.0400. The summed E-state index contributed by atoms with van der Waals surface area (Å²) in [5.74, 6) is 0. The highest BCUT2D eigenvalue weighted by atomic mass is 15.4. The van der Waals surface area contributed by atoms with E-state index in [1.807, 2.05) is 0 Å². The summed E-state index contributed by atoms with van der Waals surface area (Å²) in [5, 5.41) is 0. The van der Waals surface area contributed by atoms with E-state index >= 15 is 0 Å². The van der Waals surface area contributed by atoms with Crippen LogP contribution >= 0.6 is 0 Å². The highest BCUT2D eigenvalue weighted by Gasteiger charge is 2.43. The molecule has 0 unspecified atom stereocenters. The van der Waals surface area contributed by atoms with Gasteiger partial charge in [0.2, 0.25) is 0 Å². The van der Waals surface area contributed by atoms with Crippen LogP contribution in [0.2, 0.25) is 0 Å². The zero-order valence-corrected chi connectivity index (χ0v) is 32.4. The largest absolute Gasteiger partial charge is 0.324 e. The van der Waals surface area contributed by atoms with Crippen molar-refractivity contribution in [3.63, 3.8) is 0 Å². The van der Waals surface area contributed by atoms with Crippen LogP contribution in [-0.2, 0) is 0 Å².